The van der Waals surface area contributed by atoms with E-state index in [0.29, 0.717) is 5.56 Å². The highest BCUT2D eigenvalue weighted by atomic mass is 16.6. The summed E-state index contributed by atoms with van der Waals surface area (Å²) in [6.07, 6.45) is 2.95. The first-order valence-electron chi connectivity index (χ1n) is 5.46. The first-order chi connectivity index (χ1) is 8.41. The van der Waals surface area contributed by atoms with Crippen molar-refractivity contribution in [3.05, 3.63) is 30.1 Å². The lowest BCUT2D eigenvalue weighted by molar-refractivity contribution is -0.727. The maximum absolute atomic E-state index is 11.7. The van der Waals surface area contributed by atoms with Crippen LogP contribution in [0.2, 0.25) is 0 Å². The highest BCUT2D eigenvalue weighted by Gasteiger charge is 2.13. The second-order valence-corrected chi connectivity index (χ2v) is 4.24. The Morgan fingerprint density at radius 3 is 2.44 bits per heavy atom. The summed E-state index contributed by atoms with van der Waals surface area (Å²) in [6, 6.07) is 3.45. The molecular weight excluding hydrogens is 234 g/mol. The summed E-state index contributed by atoms with van der Waals surface area (Å²) >= 11 is 0. The second kappa shape index (κ2) is 6.00. The van der Waals surface area contributed by atoms with E-state index in [2.05, 4.69) is 0 Å². The molecule has 1 heterocycles. The number of amides is 2. The fourth-order valence-electron chi connectivity index (χ4n) is 1.25. The van der Waals surface area contributed by atoms with Gasteiger partial charge in [0, 0.05) is 34.3 Å². The zero-order valence-electron chi connectivity index (χ0n) is 11.1. The van der Waals surface area contributed by atoms with Gasteiger partial charge in [-0.05, 0) is 6.07 Å². The Kier molecular flexibility index (Phi) is 4.65. The first kappa shape index (κ1) is 14.0. The highest BCUT2D eigenvalue weighted by molar-refractivity contribution is 5.93. The first-order valence-corrected chi connectivity index (χ1v) is 5.46. The smallest absolute Gasteiger partial charge is 0.388 e. The van der Waals surface area contributed by atoms with Gasteiger partial charge >= 0.3 is 6.09 Å². The minimum absolute atomic E-state index is 0.0750. The number of hydrogen-bond acceptors (Lipinski definition) is 3. The van der Waals surface area contributed by atoms with Crippen LogP contribution in [0.15, 0.2) is 24.5 Å². The molecule has 0 fully saturated rings. The number of carbonyl (C=O) groups is 2. The minimum Gasteiger partial charge on any atom is -0.388 e. The van der Waals surface area contributed by atoms with Crippen molar-refractivity contribution < 1.29 is 18.9 Å². The van der Waals surface area contributed by atoms with Crippen LogP contribution >= 0.6 is 0 Å². The summed E-state index contributed by atoms with van der Waals surface area (Å²) in [7, 11) is 6.59. The number of pyridine rings is 1. The van der Waals surface area contributed by atoms with Crippen molar-refractivity contribution in [1.82, 2.24) is 9.80 Å². The Morgan fingerprint density at radius 1 is 1.22 bits per heavy atom. The van der Waals surface area contributed by atoms with Crippen molar-refractivity contribution in [2.45, 2.75) is 6.73 Å². The minimum atomic E-state index is -0.424. The van der Waals surface area contributed by atoms with E-state index in [1.54, 1.807) is 57.3 Å². The summed E-state index contributed by atoms with van der Waals surface area (Å²) in [4.78, 5) is 25.8. The van der Waals surface area contributed by atoms with Crippen molar-refractivity contribution in [3.8, 4) is 0 Å². The molecule has 0 saturated heterocycles. The lowest BCUT2D eigenvalue weighted by atomic mass is 10.2. The normalized spacial score (nSPS) is 9.78. The summed E-state index contributed by atoms with van der Waals surface area (Å²) in [5, 5.41) is 0. The summed E-state index contributed by atoms with van der Waals surface area (Å²) < 4.78 is 6.65. The van der Waals surface area contributed by atoms with Crippen molar-refractivity contribution in [2.75, 3.05) is 28.2 Å². The Balaban J connectivity index is 2.71. The molecule has 1 rings (SSSR count). The molecule has 6 nitrogen and oxygen atoms in total. The molecule has 0 N–H and O–H groups in total. The molecule has 0 aliphatic rings. The Morgan fingerprint density at radius 2 is 1.89 bits per heavy atom. The van der Waals surface area contributed by atoms with Gasteiger partial charge in [0.1, 0.15) is 5.56 Å². The van der Waals surface area contributed by atoms with Crippen LogP contribution in [-0.4, -0.2) is 50.0 Å². The fourth-order valence-corrected chi connectivity index (χ4v) is 1.25. The van der Waals surface area contributed by atoms with Gasteiger partial charge in [0.2, 0.25) is 0 Å². The van der Waals surface area contributed by atoms with Crippen molar-refractivity contribution in [2.24, 2.45) is 0 Å². The van der Waals surface area contributed by atoms with E-state index < -0.39 is 6.09 Å². The van der Waals surface area contributed by atoms with Crippen LogP contribution in [0.1, 0.15) is 10.4 Å². The van der Waals surface area contributed by atoms with E-state index >= 15 is 0 Å². The quantitative estimate of drug-likeness (QED) is 0.729. The molecule has 0 aliphatic heterocycles. The SMILES string of the molecule is CN(C)C(=O)OC[n+]1cccc(C(=O)N(C)C)c1. The van der Waals surface area contributed by atoms with Gasteiger partial charge in [0.15, 0.2) is 12.4 Å². The van der Waals surface area contributed by atoms with E-state index in [9.17, 15) is 9.59 Å². The lowest BCUT2D eigenvalue weighted by Crippen LogP contribution is -2.38. The Hall–Kier alpha value is -2.11. The number of rotatable bonds is 3. The molecule has 0 spiro atoms. The molecule has 0 radical (unpaired) electrons. The zero-order chi connectivity index (χ0) is 13.7. The van der Waals surface area contributed by atoms with Crippen LogP contribution in [0.3, 0.4) is 0 Å². The fraction of sp³-hybridized carbons (Fsp3) is 0.417. The molecular formula is C12H18N3O3+. The third kappa shape index (κ3) is 3.73. The van der Waals surface area contributed by atoms with Gasteiger partial charge in [0.25, 0.3) is 12.6 Å². The van der Waals surface area contributed by atoms with E-state index in [0.717, 1.165) is 0 Å². The van der Waals surface area contributed by atoms with Gasteiger partial charge in [-0.25, -0.2) is 4.79 Å². The number of ether oxygens (including phenoxy) is 1. The predicted octanol–water partition coefficient (Wildman–Crippen LogP) is 0.332. The number of carbonyl (C=O) groups excluding carboxylic acids is 2. The molecule has 0 unspecified atom stereocenters. The number of aromatic nitrogens is 1. The van der Waals surface area contributed by atoms with Crippen molar-refractivity contribution in [3.63, 3.8) is 0 Å². The average molecular weight is 252 g/mol. The van der Waals surface area contributed by atoms with Crippen molar-refractivity contribution >= 4 is 12.0 Å². The molecule has 6 heteroatoms. The van der Waals surface area contributed by atoms with Crippen LogP contribution in [0.4, 0.5) is 4.79 Å². The molecule has 1 aromatic heterocycles. The molecule has 2 amide bonds. The van der Waals surface area contributed by atoms with Gasteiger partial charge in [0.05, 0.1) is 0 Å². The number of nitrogens with zero attached hydrogens (tertiary/aromatic N) is 3. The second-order valence-electron chi connectivity index (χ2n) is 4.24. The van der Waals surface area contributed by atoms with Crippen LogP contribution in [0.5, 0.6) is 0 Å². The summed E-state index contributed by atoms with van der Waals surface area (Å²) in [5.74, 6) is -0.0942. The molecule has 1 aromatic rings. The molecule has 0 bridgehead atoms. The van der Waals surface area contributed by atoms with Gasteiger partial charge in [-0.1, -0.05) is 0 Å². The maximum Gasteiger partial charge on any atom is 0.414 e. The van der Waals surface area contributed by atoms with E-state index in [1.807, 2.05) is 0 Å². The third-order valence-electron chi connectivity index (χ3n) is 2.21. The molecule has 0 atom stereocenters. The highest BCUT2D eigenvalue weighted by Crippen LogP contribution is 1.98. The average Bonchev–Trinajstić information content (AvgIpc) is 2.35. The Bertz CT molecular complexity index is 444. The topological polar surface area (TPSA) is 53.7 Å². The molecule has 0 aliphatic carbocycles. The van der Waals surface area contributed by atoms with E-state index in [1.165, 1.54) is 9.80 Å². The zero-order valence-corrected chi connectivity index (χ0v) is 11.1. The third-order valence-corrected chi connectivity index (χ3v) is 2.21. The standard InChI is InChI=1S/C12H18N3O3/c1-13(2)11(16)10-6-5-7-15(8-10)9-18-12(17)14(3)4/h5-8H,9H2,1-4H3/q+1. The van der Waals surface area contributed by atoms with Crippen molar-refractivity contribution in [1.29, 1.82) is 0 Å². The maximum atomic E-state index is 11.7. The molecule has 18 heavy (non-hydrogen) atoms. The van der Waals surface area contributed by atoms with Crippen LogP contribution < -0.4 is 4.57 Å². The van der Waals surface area contributed by atoms with Gasteiger partial charge < -0.3 is 14.5 Å². The van der Waals surface area contributed by atoms with Gasteiger partial charge in [-0.3, -0.25) is 4.79 Å². The predicted molar refractivity (Wildman–Crippen MR) is 64.8 cm³/mol. The van der Waals surface area contributed by atoms with Crippen LogP contribution in [-0.2, 0) is 11.5 Å². The largest absolute Gasteiger partial charge is 0.414 e. The van der Waals surface area contributed by atoms with Crippen LogP contribution in [0, 0.1) is 0 Å². The van der Waals surface area contributed by atoms with E-state index in [-0.39, 0.29) is 12.6 Å². The molecule has 0 saturated carbocycles. The van der Waals surface area contributed by atoms with E-state index in [4.69, 9.17) is 4.74 Å². The number of hydrogen-bond donors (Lipinski definition) is 0. The Labute approximate surface area is 106 Å². The summed E-state index contributed by atoms with van der Waals surface area (Å²) in [6.45, 7) is 0.0750. The van der Waals surface area contributed by atoms with Crippen LogP contribution in [0.25, 0.3) is 0 Å². The molecule has 98 valence electrons. The molecule has 0 aromatic carbocycles. The lowest BCUT2D eigenvalue weighted by Gasteiger charge is -2.10. The monoisotopic (exact) mass is 252 g/mol. The van der Waals surface area contributed by atoms with Gasteiger partial charge in [-0.2, -0.15) is 4.57 Å². The summed E-state index contributed by atoms with van der Waals surface area (Å²) in [5.41, 5.74) is 0.545. The van der Waals surface area contributed by atoms with Gasteiger partial charge in [-0.15, -0.1) is 0 Å².